The van der Waals surface area contributed by atoms with E-state index in [2.05, 4.69) is 24.8 Å². The second-order valence-corrected chi connectivity index (χ2v) is 6.75. The van der Waals surface area contributed by atoms with Crippen molar-refractivity contribution >= 4 is 17.0 Å². The first-order chi connectivity index (χ1) is 12.2. The molecule has 0 spiro atoms. The van der Waals surface area contributed by atoms with Gasteiger partial charge < -0.3 is 15.0 Å². The summed E-state index contributed by atoms with van der Waals surface area (Å²) in [5.74, 6) is 0.569. The maximum atomic E-state index is 14.1. The summed E-state index contributed by atoms with van der Waals surface area (Å²) in [6.45, 7) is 1.46. The lowest BCUT2D eigenvalue weighted by Crippen LogP contribution is -2.47. The molecule has 6 nitrogen and oxygen atoms in total. The van der Waals surface area contributed by atoms with E-state index in [9.17, 15) is 9.50 Å². The number of anilines is 1. The highest BCUT2D eigenvalue weighted by molar-refractivity contribution is 5.82. The second-order valence-electron chi connectivity index (χ2n) is 6.75. The third-order valence-electron chi connectivity index (χ3n) is 5.02. The Kier molecular flexibility index (Phi) is 4.09. The minimum atomic E-state index is -0.391. The summed E-state index contributed by atoms with van der Waals surface area (Å²) in [6.07, 6.45) is 5.38. The van der Waals surface area contributed by atoms with Gasteiger partial charge in [-0.25, -0.2) is 19.3 Å². The topological polar surface area (TPSA) is 77.9 Å². The molecule has 0 amide bonds. The minimum Gasteiger partial charge on any atom is -0.396 e. The Balaban J connectivity index is 1.64. The maximum absolute atomic E-state index is 14.1. The van der Waals surface area contributed by atoms with E-state index in [1.54, 1.807) is 18.5 Å². The van der Waals surface area contributed by atoms with E-state index in [1.165, 1.54) is 12.4 Å². The normalized spacial score (nSPS) is 21.0. The van der Waals surface area contributed by atoms with Gasteiger partial charge >= 0.3 is 0 Å². The number of halogens is 1. The number of rotatable bonds is 4. The molecule has 0 saturated carbocycles. The van der Waals surface area contributed by atoms with Gasteiger partial charge in [-0.05, 0) is 30.9 Å². The Bertz CT molecular complexity index is 883. The molecule has 1 atom stereocenters. The zero-order valence-corrected chi connectivity index (χ0v) is 13.8. The number of benzene rings is 1. The fourth-order valence-corrected chi connectivity index (χ4v) is 3.76. The lowest BCUT2D eigenvalue weighted by Gasteiger charge is -2.42. The first-order valence-corrected chi connectivity index (χ1v) is 8.44. The predicted molar refractivity (Wildman–Crippen MR) is 92.8 cm³/mol. The minimum absolute atomic E-state index is 0.00897. The van der Waals surface area contributed by atoms with Crippen molar-refractivity contribution in [3.63, 3.8) is 0 Å². The Morgan fingerprint density at radius 1 is 1.24 bits per heavy atom. The van der Waals surface area contributed by atoms with Crippen molar-refractivity contribution in [1.29, 1.82) is 0 Å². The summed E-state index contributed by atoms with van der Waals surface area (Å²) in [4.78, 5) is 18.0. The van der Waals surface area contributed by atoms with Crippen LogP contribution >= 0.6 is 0 Å². The molecule has 0 unspecified atom stereocenters. The van der Waals surface area contributed by atoms with Gasteiger partial charge in [-0.2, -0.15) is 0 Å². The molecule has 7 heteroatoms. The van der Waals surface area contributed by atoms with E-state index >= 15 is 0 Å². The third kappa shape index (κ3) is 2.95. The zero-order valence-electron chi connectivity index (χ0n) is 13.8. The number of hydrogen-bond donors (Lipinski definition) is 2. The summed E-state index contributed by atoms with van der Waals surface area (Å²) in [5.41, 5.74) is 1.67. The molecule has 2 aromatic heterocycles. The number of aromatic amines is 1. The summed E-state index contributed by atoms with van der Waals surface area (Å²) < 4.78 is 14.1. The van der Waals surface area contributed by atoms with E-state index < -0.39 is 5.41 Å². The fourth-order valence-electron chi connectivity index (χ4n) is 3.76. The van der Waals surface area contributed by atoms with Crippen LogP contribution in [0.1, 0.15) is 18.4 Å². The number of nitrogens with one attached hydrogen (secondary N) is 1. The highest BCUT2D eigenvalue weighted by Crippen LogP contribution is 2.36. The van der Waals surface area contributed by atoms with Crippen molar-refractivity contribution < 1.29 is 9.50 Å². The number of aliphatic hydroxyl groups is 1. The molecule has 3 heterocycles. The van der Waals surface area contributed by atoms with E-state index in [4.69, 9.17) is 0 Å². The van der Waals surface area contributed by atoms with Gasteiger partial charge in [0, 0.05) is 18.5 Å². The highest BCUT2D eigenvalue weighted by Gasteiger charge is 2.37. The number of nitrogens with zero attached hydrogens (tertiary/aromatic N) is 4. The molecule has 1 aromatic carbocycles. The van der Waals surface area contributed by atoms with Crippen LogP contribution < -0.4 is 4.90 Å². The molecule has 0 bridgehead atoms. The van der Waals surface area contributed by atoms with Crippen molar-refractivity contribution in [3.8, 4) is 0 Å². The molecule has 0 radical (unpaired) electrons. The number of aromatic nitrogens is 4. The standard InChI is InChI=1S/C18H20FN5O/c19-14-5-2-1-4-13(14)8-18(10-25)6-3-7-24(9-18)17-15-16(21-11-20-15)22-12-23-17/h1-2,4-5,11-12,25H,3,6-10H2,(H,20,21,22,23)/t18-/m0/s1. The van der Waals surface area contributed by atoms with Gasteiger partial charge in [0.15, 0.2) is 11.5 Å². The monoisotopic (exact) mass is 341 g/mol. The summed E-state index contributed by atoms with van der Waals surface area (Å²) in [5, 5.41) is 10.1. The number of imidazole rings is 1. The van der Waals surface area contributed by atoms with Crippen molar-refractivity contribution in [2.45, 2.75) is 19.3 Å². The van der Waals surface area contributed by atoms with Gasteiger partial charge in [0.25, 0.3) is 0 Å². The Morgan fingerprint density at radius 2 is 2.12 bits per heavy atom. The molecular formula is C18H20FN5O. The van der Waals surface area contributed by atoms with Gasteiger partial charge in [-0.1, -0.05) is 18.2 Å². The van der Waals surface area contributed by atoms with E-state index in [0.29, 0.717) is 24.2 Å². The van der Waals surface area contributed by atoms with Crippen LogP contribution in [-0.2, 0) is 6.42 Å². The van der Waals surface area contributed by atoms with E-state index in [0.717, 1.165) is 30.7 Å². The number of H-pyrrole nitrogens is 1. The van der Waals surface area contributed by atoms with Crippen LogP contribution in [0.5, 0.6) is 0 Å². The number of fused-ring (bicyclic) bond motifs is 1. The molecule has 4 rings (SSSR count). The number of piperidine rings is 1. The molecular weight excluding hydrogens is 321 g/mol. The van der Waals surface area contributed by atoms with Crippen LogP contribution in [0.15, 0.2) is 36.9 Å². The molecule has 1 aliphatic rings. The molecule has 1 saturated heterocycles. The van der Waals surface area contributed by atoms with E-state index in [1.807, 2.05) is 6.07 Å². The van der Waals surface area contributed by atoms with Gasteiger partial charge in [-0.15, -0.1) is 0 Å². The Morgan fingerprint density at radius 3 is 2.96 bits per heavy atom. The molecule has 2 N–H and O–H groups in total. The Hall–Kier alpha value is -2.54. The summed E-state index contributed by atoms with van der Waals surface area (Å²) in [7, 11) is 0. The van der Waals surface area contributed by atoms with Crippen LogP contribution in [0.25, 0.3) is 11.2 Å². The van der Waals surface area contributed by atoms with E-state index in [-0.39, 0.29) is 12.4 Å². The number of hydrogen-bond acceptors (Lipinski definition) is 5. The van der Waals surface area contributed by atoms with Gasteiger partial charge in [-0.3, -0.25) is 0 Å². The van der Waals surface area contributed by atoms with Crippen molar-refractivity contribution in [3.05, 3.63) is 48.3 Å². The number of aliphatic hydroxyl groups excluding tert-OH is 1. The van der Waals surface area contributed by atoms with Gasteiger partial charge in [0.05, 0.1) is 12.9 Å². The molecule has 1 aliphatic heterocycles. The first-order valence-electron chi connectivity index (χ1n) is 8.44. The van der Waals surface area contributed by atoms with Gasteiger partial charge in [0.2, 0.25) is 0 Å². The summed E-state index contributed by atoms with van der Waals surface area (Å²) in [6, 6.07) is 6.79. The smallest absolute Gasteiger partial charge is 0.182 e. The largest absolute Gasteiger partial charge is 0.396 e. The molecule has 0 aliphatic carbocycles. The van der Waals surface area contributed by atoms with Crippen molar-refractivity contribution in [1.82, 2.24) is 19.9 Å². The fraction of sp³-hybridized carbons (Fsp3) is 0.389. The lowest BCUT2D eigenvalue weighted by atomic mass is 9.75. The summed E-state index contributed by atoms with van der Waals surface area (Å²) >= 11 is 0. The predicted octanol–water partition coefficient (Wildman–Crippen LogP) is 2.31. The SMILES string of the molecule is OC[C@]1(Cc2ccccc2F)CCCN(c2ncnc3nc[nH]c23)C1. The maximum Gasteiger partial charge on any atom is 0.182 e. The van der Waals surface area contributed by atoms with Crippen LogP contribution in [0.2, 0.25) is 0 Å². The van der Waals surface area contributed by atoms with Crippen LogP contribution in [-0.4, -0.2) is 44.7 Å². The highest BCUT2D eigenvalue weighted by atomic mass is 19.1. The second kappa shape index (κ2) is 6.40. The van der Waals surface area contributed by atoms with Crippen molar-refractivity contribution in [2.75, 3.05) is 24.6 Å². The van der Waals surface area contributed by atoms with Crippen LogP contribution in [0.3, 0.4) is 0 Å². The zero-order chi connectivity index (χ0) is 17.3. The van der Waals surface area contributed by atoms with Crippen molar-refractivity contribution in [2.24, 2.45) is 5.41 Å². The molecule has 3 aromatic rings. The van der Waals surface area contributed by atoms with Crippen LogP contribution in [0.4, 0.5) is 10.2 Å². The quantitative estimate of drug-likeness (QED) is 0.761. The average molecular weight is 341 g/mol. The Labute approximate surface area is 144 Å². The van der Waals surface area contributed by atoms with Crippen LogP contribution in [0, 0.1) is 11.2 Å². The van der Waals surface area contributed by atoms with Gasteiger partial charge in [0.1, 0.15) is 17.7 Å². The average Bonchev–Trinajstić information content (AvgIpc) is 3.13. The lowest BCUT2D eigenvalue weighted by molar-refractivity contribution is 0.104. The third-order valence-corrected chi connectivity index (χ3v) is 5.02. The molecule has 1 fully saturated rings. The molecule has 25 heavy (non-hydrogen) atoms. The molecule has 130 valence electrons. The first kappa shape index (κ1) is 16.0.